The first-order valence-electron chi connectivity index (χ1n) is 13.2. The first-order chi connectivity index (χ1) is 16.6. The third kappa shape index (κ3) is 11.0. The molecule has 0 radical (unpaired) electrons. The summed E-state index contributed by atoms with van der Waals surface area (Å²) in [6, 6.07) is 8.81. The molecule has 34 heavy (non-hydrogen) atoms. The molecule has 7 heteroatoms. The number of carbonyl (C=O) groups is 3. The summed E-state index contributed by atoms with van der Waals surface area (Å²) >= 11 is 0. The Hall–Kier alpha value is -2.57. The van der Waals surface area contributed by atoms with Crippen molar-refractivity contribution in [3.63, 3.8) is 0 Å². The van der Waals surface area contributed by atoms with Gasteiger partial charge in [-0.05, 0) is 24.8 Å². The molecule has 2 rings (SSSR count). The highest BCUT2D eigenvalue weighted by atomic mass is 16.6. The zero-order chi connectivity index (χ0) is 24.4. The van der Waals surface area contributed by atoms with Gasteiger partial charge in [0, 0.05) is 13.0 Å². The number of likely N-dealkylation sites (tertiary alicyclic amines) is 1. The molecule has 0 bridgehead atoms. The molecule has 0 spiro atoms. The standard InChI is InChI=1S/C27H43N3O4/c1-2-3-4-5-6-7-8-9-10-11-15-20-25(31)28-29-26(32)24-19-16-21-30(24)27(33)34-22-23-17-13-12-14-18-23/h12-14,17-18,24H,2-11,15-16,19-22H2,1H3,(H,28,31)(H,29,32)/t24-/m1/s1. The van der Waals surface area contributed by atoms with Crippen LogP contribution in [-0.2, 0) is 20.9 Å². The Morgan fingerprint density at radius 2 is 1.50 bits per heavy atom. The number of rotatable bonds is 15. The topological polar surface area (TPSA) is 87.7 Å². The lowest BCUT2D eigenvalue weighted by atomic mass is 10.1. The lowest BCUT2D eigenvalue weighted by molar-refractivity contribution is -0.131. The van der Waals surface area contributed by atoms with Gasteiger partial charge < -0.3 is 4.74 Å². The molecular weight excluding hydrogens is 430 g/mol. The number of unbranched alkanes of at least 4 members (excludes halogenated alkanes) is 10. The van der Waals surface area contributed by atoms with E-state index in [0.29, 0.717) is 19.4 Å². The van der Waals surface area contributed by atoms with Crippen molar-refractivity contribution in [2.24, 2.45) is 0 Å². The summed E-state index contributed by atoms with van der Waals surface area (Å²) in [6.45, 7) is 2.88. The summed E-state index contributed by atoms with van der Waals surface area (Å²) in [5.74, 6) is -0.568. The maximum Gasteiger partial charge on any atom is 0.410 e. The van der Waals surface area contributed by atoms with E-state index in [1.807, 2.05) is 30.3 Å². The van der Waals surface area contributed by atoms with Gasteiger partial charge in [-0.2, -0.15) is 0 Å². The predicted molar refractivity (Wildman–Crippen MR) is 134 cm³/mol. The molecule has 1 heterocycles. The highest BCUT2D eigenvalue weighted by Crippen LogP contribution is 2.19. The Morgan fingerprint density at radius 1 is 0.882 bits per heavy atom. The van der Waals surface area contributed by atoms with E-state index in [-0.39, 0.29) is 18.4 Å². The monoisotopic (exact) mass is 473 g/mol. The summed E-state index contributed by atoms with van der Waals surface area (Å²) < 4.78 is 5.36. The van der Waals surface area contributed by atoms with Crippen molar-refractivity contribution in [1.82, 2.24) is 15.8 Å². The normalized spacial score (nSPS) is 15.2. The van der Waals surface area contributed by atoms with Crippen LogP contribution in [-0.4, -0.2) is 35.4 Å². The minimum atomic E-state index is -0.620. The number of hydrazine groups is 1. The van der Waals surface area contributed by atoms with Crippen LogP contribution in [0.1, 0.15) is 102 Å². The molecule has 0 aromatic heterocycles. The van der Waals surface area contributed by atoms with Gasteiger partial charge in [-0.1, -0.05) is 101 Å². The number of hydrogen-bond acceptors (Lipinski definition) is 4. The number of amides is 3. The second-order valence-corrected chi connectivity index (χ2v) is 9.21. The largest absolute Gasteiger partial charge is 0.445 e. The van der Waals surface area contributed by atoms with Gasteiger partial charge in [0.2, 0.25) is 5.91 Å². The molecule has 0 saturated carbocycles. The SMILES string of the molecule is CCCCCCCCCCCCCC(=O)NNC(=O)[C@H]1CCCN1C(=O)OCc1ccccc1. The zero-order valence-electron chi connectivity index (χ0n) is 20.9. The van der Waals surface area contributed by atoms with Crippen LogP contribution in [0.25, 0.3) is 0 Å². The van der Waals surface area contributed by atoms with Gasteiger partial charge >= 0.3 is 6.09 Å². The van der Waals surface area contributed by atoms with Gasteiger partial charge in [-0.25, -0.2) is 4.79 Å². The van der Waals surface area contributed by atoms with E-state index in [2.05, 4.69) is 17.8 Å². The van der Waals surface area contributed by atoms with Gasteiger partial charge in [-0.3, -0.25) is 25.3 Å². The maximum absolute atomic E-state index is 12.5. The van der Waals surface area contributed by atoms with Crippen molar-refractivity contribution in [2.45, 2.75) is 109 Å². The number of nitrogens with zero attached hydrogens (tertiary/aromatic N) is 1. The van der Waals surface area contributed by atoms with E-state index in [0.717, 1.165) is 31.2 Å². The summed E-state index contributed by atoms with van der Waals surface area (Å²) in [5.41, 5.74) is 5.87. The van der Waals surface area contributed by atoms with Crippen LogP contribution in [0.3, 0.4) is 0 Å². The Balaban J connectivity index is 1.53. The third-order valence-electron chi connectivity index (χ3n) is 6.33. The van der Waals surface area contributed by atoms with Gasteiger partial charge in [0.15, 0.2) is 0 Å². The van der Waals surface area contributed by atoms with E-state index in [1.54, 1.807) is 0 Å². The average Bonchev–Trinajstić information content (AvgIpc) is 3.35. The average molecular weight is 474 g/mol. The Bertz CT molecular complexity index is 726. The second kappa shape index (κ2) is 17.0. The van der Waals surface area contributed by atoms with Gasteiger partial charge in [-0.15, -0.1) is 0 Å². The van der Waals surface area contributed by atoms with Crippen molar-refractivity contribution in [3.8, 4) is 0 Å². The van der Waals surface area contributed by atoms with Crippen LogP contribution in [0.4, 0.5) is 4.79 Å². The van der Waals surface area contributed by atoms with Crippen molar-refractivity contribution in [1.29, 1.82) is 0 Å². The van der Waals surface area contributed by atoms with Crippen LogP contribution in [0.5, 0.6) is 0 Å². The summed E-state index contributed by atoms with van der Waals surface area (Å²) in [7, 11) is 0. The molecule has 1 saturated heterocycles. The molecule has 1 aliphatic rings. The number of carbonyl (C=O) groups excluding carboxylic acids is 3. The lowest BCUT2D eigenvalue weighted by Crippen LogP contribution is -2.51. The zero-order valence-corrected chi connectivity index (χ0v) is 20.9. The minimum Gasteiger partial charge on any atom is -0.445 e. The molecule has 1 atom stereocenters. The predicted octanol–water partition coefficient (Wildman–Crippen LogP) is 5.64. The van der Waals surface area contributed by atoms with E-state index < -0.39 is 12.1 Å². The van der Waals surface area contributed by atoms with Crippen molar-refractivity contribution < 1.29 is 19.1 Å². The van der Waals surface area contributed by atoms with E-state index in [4.69, 9.17) is 4.74 Å². The minimum absolute atomic E-state index is 0.167. The molecule has 1 fully saturated rings. The smallest absolute Gasteiger partial charge is 0.410 e. The van der Waals surface area contributed by atoms with E-state index >= 15 is 0 Å². The maximum atomic E-state index is 12.5. The third-order valence-corrected chi connectivity index (χ3v) is 6.33. The fraction of sp³-hybridized carbons (Fsp3) is 0.667. The number of nitrogens with one attached hydrogen (secondary N) is 2. The van der Waals surface area contributed by atoms with E-state index in [1.165, 1.54) is 56.3 Å². The molecule has 2 N–H and O–H groups in total. The second-order valence-electron chi connectivity index (χ2n) is 9.21. The first-order valence-corrected chi connectivity index (χ1v) is 13.2. The molecule has 1 aromatic rings. The Morgan fingerprint density at radius 3 is 2.15 bits per heavy atom. The molecule has 0 unspecified atom stereocenters. The quantitative estimate of drug-likeness (QED) is 0.255. The molecule has 0 aliphatic carbocycles. The summed E-state index contributed by atoms with van der Waals surface area (Å²) in [6.07, 6.45) is 14.7. The first kappa shape index (κ1) is 27.7. The molecule has 1 aromatic carbocycles. The lowest BCUT2D eigenvalue weighted by Gasteiger charge is -2.23. The highest BCUT2D eigenvalue weighted by Gasteiger charge is 2.35. The molecule has 7 nitrogen and oxygen atoms in total. The van der Waals surface area contributed by atoms with E-state index in [9.17, 15) is 14.4 Å². The summed E-state index contributed by atoms with van der Waals surface area (Å²) in [5, 5.41) is 0. The number of benzene rings is 1. The van der Waals surface area contributed by atoms with Gasteiger partial charge in [0.25, 0.3) is 5.91 Å². The van der Waals surface area contributed by atoms with Crippen molar-refractivity contribution >= 4 is 17.9 Å². The van der Waals surface area contributed by atoms with Crippen molar-refractivity contribution in [2.75, 3.05) is 6.54 Å². The van der Waals surface area contributed by atoms with Crippen LogP contribution in [0, 0.1) is 0 Å². The number of ether oxygens (including phenoxy) is 1. The van der Waals surface area contributed by atoms with Crippen LogP contribution in [0.2, 0.25) is 0 Å². The van der Waals surface area contributed by atoms with Crippen LogP contribution >= 0.6 is 0 Å². The van der Waals surface area contributed by atoms with Crippen LogP contribution in [0.15, 0.2) is 30.3 Å². The van der Waals surface area contributed by atoms with Crippen molar-refractivity contribution in [3.05, 3.63) is 35.9 Å². The molecule has 190 valence electrons. The number of hydrogen-bond donors (Lipinski definition) is 2. The van der Waals surface area contributed by atoms with Crippen LogP contribution < -0.4 is 10.9 Å². The highest BCUT2D eigenvalue weighted by molar-refractivity contribution is 5.88. The van der Waals surface area contributed by atoms with Gasteiger partial charge in [0.1, 0.15) is 12.6 Å². The molecule has 3 amide bonds. The molecular formula is C27H43N3O4. The van der Waals surface area contributed by atoms with Gasteiger partial charge in [0.05, 0.1) is 0 Å². The fourth-order valence-electron chi connectivity index (χ4n) is 4.29. The Kier molecular flexibility index (Phi) is 13.8. The molecule has 1 aliphatic heterocycles. The fourth-order valence-corrected chi connectivity index (χ4v) is 4.29. The summed E-state index contributed by atoms with van der Waals surface area (Å²) in [4.78, 5) is 38.5. The Labute approximate surface area is 205 Å².